The van der Waals surface area contributed by atoms with E-state index in [0.29, 0.717) is 0 Å². The van der Waals surface area contributed by atoms with Crippen LogP contribution in [0, 0.1) is 27.3 Å². The molecule has 68 valence electrons. The van der Waals surface area contributed by atoms with Crippen molar-refractivity contribution in [2.75, 3.05) is 0 Å². The first kappa shape index (κ1) is 10.2. The zero-order chi connectivity index (χ0) is 10.7. The summed E-state index contributed by atoms with van der Waals surface area (Å²) in [5, 5.41) is 18.6. The van der Waals surface area contributed by atoms with Crippen molar-refractivity contribution in [1.29, 1.82) is 5.26 Å². The van der Waals surface area contributed by atoms with Gasteiger partial charge in [0.25, 0.3) is 5.69 Å². The molecule has 0 saturated heterocycles. The molecule has 14 heavy (non-hydrogen) atoms. The van der Waals surface area contributed by atoms with Gasteiger partial charge in [0.1, 0.15) is 13.7 Å². The van der Waals surface area contributed by atoms with Crippen molar-refractivity contribution in [1.82, 2.24) is 0 Å². The fourth-order valence-electron chi connectivity index (χ4n) is 1.01. The van der Waals surface area contributed by atoms with Gasteiger partial charge in [-0.2, -0.15) is 5.26 Å². The Morgan fingerprint density at radius 1 is 1.64 bits per heavy atom. The Hall–Kier alpha value is -1.90. The molecule has 1 aromatic carbocycles. The third-order valence-corrected chi connectivity index (χ3v) is 1.68. The van der Waals surface area contributed by atoms with Crippen LogP contribution < -0.4 is 5.46 Å². The molecule has 0 aliphatic carbocycles. The molecule has 6 heteroatoms. The molecule has 0 N–H and O–H groups in total. The van der Waals surface area contributed by atoms with Crippen molar-refractivity contribution in [2.24, 2.45) is 0 Å². The normalized spacial score (nSPS) is 9.43. The molecule has 1 aromatic rings. The molecule has 0 spiro atoms. The lowest BCUT2D eigenvalue weighted by Crippen LogP contribution is -2.13. The minimum absolute atomic E-state index is 0.00176. The lowest BCUT2D eigenvalue weighted by atomic mass is 9.88. The molecule has 1 rings (SSSR count). The van der Waals surface area contributed by atoms with Gasteiger partial charge in [0.2, 0.25) is 0 Å². The van der Waals surface area contributed by atoms with Crippen molar-refractivity contribution in [3.63, 3.8) is 0 Å². The number of hydrogen-bond donors (Lipinski definition) is 0. The van der Waals surface area contributed by atoms with E-state index < -0.39 is 16.4 Å². The predicted molar refractivity (Wildman–Crippen MR) is 47.8 cm³/mol. The van der Waals surface area contributed by atoms with Gasteiger partial charge in [0, 0.05) is 6.07 Å². The Balaban J connectivity index is 3.26. The van der Waals surface area contributed by atoms with Crippen molar-refractivity contribution in [3.05, 3.63) is 33.6 Å². The summed E-state index contributed by atoms with van der Waals surface area (Å²) in [6.45, 7) is 0. The topological polar surface area (TPSA) is 66.9 Å². The van der Waals surface area contributed by atoms with E-state index in [2.05, 4.69) is 0 Å². The average molecular weight is 190 g/mol. The first-order valence-corrected chi connectivity index (χ1v) is 3.65. The number of nitro groups is 1. The number of rotatable bonds is 2. The Bertz CT molecular complexity index is 405. The van der Waals surface area contributed by atoms with Crippen LogP contribution in [0.4, 0.5) is 10.1 Å². The number of nitro benzene ring substituents is 1. The van der Waals surface area contributed by atoms with Crippen LogP contribution in [0.25, 0.3) is 0 Å². The summed E-state index contributed by atoms with van der Waals surface area (Å²) in [7, 11) is 5.35. The first-order chi connectivity index (χ1) is 6.56. The molecule has 0 unspecified atom stereocenters. The summed E-state index contributed by atoms with van der Waals surface area (Å²) in [5.41, 5.74) is -0.488. The number of benzene rings is 1. The molecule has 0 aromatic heterocycles. The molecule has 4 nitrogen and oxygen atoms in total. The van der Waals surface area contributed by atoms with Crippen LogP contribution in [0.1, 0.15) is 5.56 Å². The van der Waals surface area contributed by atoms with E-state index in [0.717, 1.165) is 12.1 Å². The molecule has 0 heterocycles. The smallest absolute Gasteiger partial charge is 0.258 e. The average Bonchev–Trinajstić information content (AvgIpc) is 2.10. The third-order valence-electron chi connectivity index (χ3n) is 1.68. The fraction of sp³-hybridized carbons (Fsp3) is 0.125. The van der Waals surface area contributed by atoms with Gasteiger partial charge in [-0.15, -0.1) is 0 Å². The Morgan fingerprint density at radius 2 is 2.29 bits per heavy atom. The van der Waals surface area contributed by atoms with Crippen LogP contribution in [-0.2, 0) is 6.42 Å². The number of non-ortho nitro benzene ring substituents is 1. The number of nitrogens with zero attached hydrogens (tertiary/aromatic N) is 2. The molecule has 0 amide bonds. The lowest BCUT2D eigenvalue weighted by molar-refractivity contribution is -0.385. The van der Waals surface area contributed by atoms with Crippen molar-refractivity contribution >= 4 is 19.0 Å². The highest BCUT2D eigenvalue weighted by Gasteiger charge is 2.13. The Labute approximate surface area is 80.5 Å². The molecule has 2 radical (unpaired) electrons. The van der Waals surface area contributed by atoms with Crippen molar-refractivity contribution in [3.8, 4) is 6.07 Å². The van der Waals surface area contributed by atoms with Gasteiger partial charge >= 0.3 is 0 Å². The highest BCUT2D eigenvalue weighted by atomic mass is 19.1. The number of nitriles is 1. The first-order valence-electron chi connectivity index (χ1n) is 3.65. The van der Waals surface area contributed by atoms with Gasteiger partial charge in [-0.3, -0.25) is 10.1 Å². The van der Waals surface area contributed by atoms with E-state index in [1.54, 1.807) is 6.07 Å². The summed E-state index contributed by atoms with van der Waals surface area (Å²) in [6.07, 6.45) is -0.199. The van der Waals surface area contributed by atoms with Crippen LogP contribution >= 0.6 is 0 Å². The lowest BCUT2D eigenvalue weighted by Gasteiger charge is -2.02. The second kappa shape index (κ2) is 3.88. The largest absolute Gasteiger partial charge is 0.271 e. The molecule has 0 saturated carbocycles. The maximum Gasteiger partial charge on any atom is 0.271 e. The van der Waals surface area contributed by atoms with Gasteiger partial charge in [0.05, 0.1) is 23.5 Å². The molecule has 0 aliphatic heterocycles. The minimum Gasteiger partial charge on any atom is -0.258 e. The Kier molecular flexibility index (Phi) is 2.82. The fourth-order valence-corrected chi connectivity index (χ4v) is 1.01. The number of halogens is 1. The Morgan fingerprint density at radius 3 is 2.71 bits per heavy atom. The number of hydrogen-bond acceptors (Lipinski definition) is 3. The van der Waals surface area contributed by atoms with Crippen LogP contribution in [0.3, 0.4) is 0 Å². The highest BCUT2D eigenvalue weighted by molar-refractivity contribution is 6.33. The minimum atomic E-state index is -0.821. The second-order valence-corrected chi connectivity index (χ2v) is 2.59. The van der Waals surface area contributed by atoms with Crippen molar-refractivity contribution < 1.29 is 9.31 Å². The third kappa shape index (κ3) is 1.88. The summed E-state index contributed by atoms with van der Waals surface area (Å²) in [6, 6.07) is 3.51. The maximum atomic E-state index is 13.1. The quantitative estimate of drug-likeness (QED) is 0.389. The van der Waals surface area contributed by atoms with Crippen LogP contribution in [0.5, 0.6) is 0 Å². The molecular formula is C8H4BFN2O2. The zero-order valence-corrected chi connectivity index (χ0v) is 7.03. The van der Waals surface area contributed by atoms with Crippen LogP contribution in [0.15, 0.2) is 12.1 Å². The van der Waals surface area contributed by atoms with E-state index in [1.807, 2.05) is 0 Å². The highest BCUT2D eigenvalue weighted by Crippen LogP contribution is 2.14. The molecule has 0 atom stereocenters. The standard InChI is InChI=1S/C8H4BFN2O2/c9-7-3-5(12(13)14)4-8(10)6(7)1-2-11/h3-4H,1H2. The van der Waals surface area contributed by atoms with E-state index in [1.165, 1.54) is 0 Å². The van der Waals surface area contributed by atoms with Gasteiger partial charge < -0.3 is 0 Å². The molecular weight excluding hydrogens is 186 g/mol. The molecule has 0 fully saturated rings. The second-order valence-electron chi connectivity index (χ2n) is 2.59. The summed E-state index contributed by atoms with van der Waals surface area (Å²) < 4.78 is 13.1. The van der Waals surface area contributed by atoms with E-state index in [9.17, 15) is 14.5 Å². The van der Waals surface area contributed by atoms with Crippen molar-refractivity contribution in [2.45, 2.75) is 6.42 Å². The zero-order valence-electron chi connectivity index (χ0n) is 7.03. The van der Waals surface area contributed by atoms with Gasteiger partial charge in [-0.05, 0) is 5.56 Å². The van der Waals surface area contributed by atoms with E-state index >= 15 is 0 Å². The van der Waals surface area contributed by atoms with E-state index in [-0.39, 0.29) is 17.4 Å². The van der Waals surface area contributed by atoms with Gasteiger partial charge in [-0.25, -0.2) is 4.39 Å². The summed E-state index contributed by atoms with van der Waals surface area (Å²) in [4.78, 5) is 9.55. The maximum absolute atomic E-state index is 13.1. The molecule has 0 aliphatic rings. The monoisotopic (exact) mass is 190 g/mol. The SMILES string of the molecule is [B]c1cc([N+](=O)[O-])cc(F)c1CC#N. The van der Waals surface area contributed by atoms with Crippen LogP contribution in [0.2, 0.25) is 0 Å². The van der Waals surface area contributed by atoms with E-state index in [4.69, 9.17) is 13.1 Å². The predicted octanol–water partition coefficient (Wildman–Crippen LogP) is 0.594. The molecule has 0 bridgehead atoms. The van der Waals surface area contributed by atoms with Gasteiger partial charge in [0.15, 0.2) is 0 Å². The summed E-state index contributed by atoms with van der Waals surface area (Å²) in [5.74, 6) is -0.821. The summed E-state index contributed by atoms with van der Waals surface area (Å²) >= 11 is 0. The van der Waals surface area contributed by atoms with Gasteiger partial charge in [-0.1, -0.05) is 5.46 Å². The van der Waals surface area contributed by atoms with Crippen LogP contribution in [-0.4, -0.2) is 12.8 Å².